The van der Waals surface area contributed by atoms with Crippen molar-refractivity contribution in [2.75, 3.05) is 13.7 Å². The van der Waals surface area contributed by atoms with Crippen molar-refractivity contribution in [3.63, 3.8) is 0 Å². The van der Waals surface area contributed by atoms with E-state index >= 15 is 0 Å². The number of ether oxygens (including phenoxy) is 2. The molecule has 17 heavy (non-hydrogen) atoms. The predicted octanol–water partition coefficient (Wildman–Crippen LogP) is 2.61. The first-order valence-corrected chi connectivity index (χ1v) is 6.41. The Kier molecular flexibility index (Phi) is 7.22. The fraction of sp³-hybridized carbons (Fsp3) is 0.818. The molecule has 0 saturated heterocycles. The molecule has 0 aromatic carbocycles. The molecule has 0 heterocycles. The number of aliphatic imine (C=N–C) groups is 1. The number of hydrogen-bond donors (Lipinski definition) is 1. The lowest BCUT2D eigenvalue weighted by Crippen LogP contribution is -2.35. The van der Waals surface area contributed by atoms with Gasteiger partial charge < -0.3 is 9.47 Å². The summed E-state index contributed by atoms with van der Waals surface area (Å²) in [6.45, 7) is 9.87. The van der Waals surface area contributed by atoms with Crippen molar-refractivity contribution in [1.29, 1.82) is 0 Å². The molecule has 0 fully saturated rings. The van der Waals surface area contributed by atoms with E-state index in [0.29, 0.717) is 11.8 Å². The van der Waals surface area contributed by atoms with E-state index in [4.69, 9.17) is 9.47 Å². The van der Waals surface area contributed by atoms with Crippen LogP contribution in [0.3, 0.4) is 0 Å². The van der Waals surface area contributed by atoms with Gasteiger partial charge in [-0.3, -0.25) is 10.3 Å². The second-order valence-corrected chi connectivity index (χ2v) is 5.58. The molecule has 0 saturated carbocycles. The Labute approximate surface area is 107 Å². The second-order valence-electron chi connectivity index (χ2n) is 4.30. The van der Waals surface area contributed by atoms with Crippen LogP contribution in [0.1, 0.15) is 34.6 Å². The summed E-state index contributed by atoms with van der Waals surface area (Å²) in [6.07, 6.45) is -0.505. The average molecular weight is 262 g/mol. The molecule has 1 amide bonds. The molecule has 0 bridgehead atoms. The van der Waals surface area contributed by atoms with Gasteiger partial charge in [-0.25, -0.2) is 4.79 Å². The molecule has 5 nitrogen and oxygen atoms in total. The largest absolute Gasteiger partial charge is 0.444 e. The van der Waals surface area contributed by atoms with Crippen LogP contribution in [-0.2, 0) is 9.47 Å². The van der Waals surface area contributed by atoms with Gasteiger partial charge in [-0.15, -0.1) is 0 Å². The Hall–Kier alpha value is -0.750. The molecular formula is C11H22N2O3S. The molecule has 0 spiro atoms. The summed E-state index contributed by atoms with van der Waals surface area (Å²) < 4.78 is 10.5. The molecule has 1 N–H and O–H groups in total. The molecule has 100 valence electrons. The molecular weight excluding hydrogens is 240 g/mol. The summed E-state index contributed by atoms with van der Waals surface area (Å²) in [4.78, 5) is 15.5. The molecule has 0 aliphatic rings. The highest BCUT2D eigenvalue weighted by Crippen LogP contribution is 2.13. The molecule has 0 radical (unpaired) electrons. The number of nitrogens with one attached hydrogen (secondary N) is 1. The van der Waals surface area contributed by atoms with Crippen molar-refractivity contribution in [2.24, 2.45) is 4.99 Å². The van der Waals surface area contributed by atoms with Crippen LogP contribution in [0.4, 0.5) is 4.79 Å². The van der Waals surface area contributed by atoms with Crippen LogP contribution in [0.5, 0.6) is 0 Å². The van der Waals surface area contributed by atoms with Gasteiger partial charge in [0.25, 0.3) is 0 Å². The molecule has 1 unspecified atom stereocenters. The minimum absolute atomic E-state index is 0.0614. The number of amidine groups is 1. The molecule has 0 aromatic rings. The van der Waals surface area contributed by atoms with Crippen LogP contribution in [-0.4, -0.2) is 36.0 Å². The fourth-order valence-corrected chi connectivity index (χ4v) is 1.72. The van der Waals surface area contributed by atoms with E-state index in [1.54, 1.807) is 7.05 Å². The number of alkyl carbamates (subject to hydrolysis) is 1. The van der Waals surface area contributed by atoms with E-state index in [-0.39, 0.29) is 5.44 Å². The summed E-state index contributed by atoms with van der Waals surface area (Å²) in [5.41, 5.74) is -0.576. The van der Waals surface area contributed by atoms with Gasteiger partial charge in [-0.05, 0) is 34.6 Å². The molecule has 1 atom stereocenters. The zero-order chi connectivity index (χ0) is 13.5. The Balaban J connectivity index is 4.19. The number of carbonyl (C=O) groups excluding carboxylic acids is 1. The zero-order valence-corrected chi connectivity index (χ0v) is 12.2. The molecule has 0 aliphatic heterocycles. The van der Waals surface area contributed by atoms with Crippen LogP contribution in [0, 0.1) is 0 Å². The SMILES string of the molecule is CCOC(C)S/C(=N\C)NC(=O)OC(C)(C)C. The number of carbonyl (C=O) groups is 1. The van der Waals surface area contributed by atoms with E-state index in [0.717, 1.165) is 0 Å². The lowest BCUT2D eigenvalue weighted by atomic mass is 10.2. The van der Waals surface area contributed by atoms with Gasteiger partial charge in [0.15, 0.2) is 5.17 Å². The maximum Gasteiger partial charge on any atom is 0.413 e. The van der Waals surface area contributed by atoms with Crippen LogP contribution < -0.4 is 5.32 Å². The van der Waals surface area contributed by atoms with Crippen LogP contribution in [0.2, 0.25) is 0 Å². The molecule has 0 rings (SSSR count). The maximum absolute atomic E-state index is 11.5. The number of nitrogens with zero attached hydrogens (tertiary/aromatic N) is 1. The number of amides is 1. The summed E-state index contributed by atoms with van der Waals surface area (Å²) in [7, 11) is 1.61. The lowest BCUT2D eigenvalue weighted by molar-refractivity contribution is 0.0564. The highest BCUT2D eigenvalue weighted by Gasteiger charge is 2.18. The van der Waals surface area contributed by atoms with Gasteiger partial charge in [0.2, 0.25) is 0 Å². The Morgan fingerprint density at radius 1 is 1.47 bits per heavy atom. The van der Waals surface area contributed by atoms with E-state index in [1.807, 2.05) is 34.6 Å². The smallest absolute Gasteiger partial charge is 0.413 e. The summed E-state index contributed by atoms with van der Waals surface area (Å²) >= 11 is 1.34. The third-order valence-corrected chi connectivity index (χ3v) is 2.47. The lowest BCUT2D eigenvalue weighted by Gasteiger charge is -2.20. The number of thioether (sulfide) groups is 1. The van der Waals surface area contributed by atoms with Crippen molar-refractivity contribution in [3.8, 4) is 0 Å². The van der Waals surface area contributed by atoms with Gasteiger partial charge in [0.1, 0.15) is 11.0 Å². The van der Waals surface area contributed by atoms with Gasteiger partial charge >= 0.3 is 6.09 Å². The highest BCUT2D eigenvalue weighted by atomic mass is 32.2. The minimum atomic E-state index is -0.515. The zero-order valence-electron chi connectivity index (χ0n) is 11.4. The average Bonchev–Trinajstić information content (AvgIpc) is 2.13. The number of hydrogen-bond acceptors (Lipinski definition) is 5. The summed E-state index contributed by atoms with van der Waals surface area (Å²) in [5.74, 6) is 0. The third kappa shape index (κ3) is 9.00. The quantitative estimate of drug-likeness (QED) is 0.482. The Morgan fingerprint density at radius 2 is 2.06 bits per heavy atom. The highest BCUT2D eigenvalue weighted by molar-refractivity contribution is 8.14. The standard InChI is InChI=1S/C11H22N2O3S/c1-7-15-8(2)17-9(12-6)13-10(14)16-11(3,4)5/h8H,7H2,1-6H3,(H,12,13,14). The molecule has 0 aliphatic carbocycles. The normalized spacial score (nSPS) is 14.4. The van der Waals surface area contributed by atoms with E-state index in [1.165, 1.54) is 11.8 Å². The minimum Gasteiger partial charge on any atom is -0.444 e. The van der Waals surface area contributed by atoms with Crippen LogP contribution >= 0.6 is 11.8 Å². The van der Waals surface area contributed by atoms with Gasteiger partial charge in [-0.2, -0.15) is 0 Å². The van der Waals surface area contributed by atoms with Crippen molar-refractivity contribution < 1.29 is 14.3 Å². The van der Waals surface area contributed by atoms with Crippen molar-refractivity contribution in [3.05, 3.63) is 0 Å². The second kappa shape index (κ2) is 7.55. The van der Waals surface area contributed by atoms with Gasteiger partial charge in [0, 0.05) is 13.7 Å². The van der Waals surface area contributed by atoms with Crippen LogP contribution in [0.25, 0.3) is 0 Å². The van der Waals surface area contributed by atoms with Gasteiger partial charge in [0.05, 0.1) is 0 Å². The monoisotopic (exact) mass is 262 g/mol. The first kappa shape index (κ1) is 16.2. The maximum atomic E-state index is 11.5. The van der Waals surface area contributed by atoms with Crippen molar-refractivity contribution >= 4 is 23.0 Å². The first-order chi connectivity index (χ1) is 7.78. The van der Waals surface area contributed by atoms with E-state index in [2.05, 4.69) is 10.3 Å². The summed E-state index contributed by atoms with van der Waals surface area (Å²) in [6, 6.07) is 0. The summed E-state index contributed by atoms with van der Waals surface area (Å²) in [5, 5.41) is 3.07. The van der Waals surface area contributed by atoms with Crippen molar-refractivity contribution in [1.82, 2.24) is 5.32 Å². The third-order valence-electron chi connectivity index (χ3n) is 1.49. The fourth-order valence-electron chi connectivity index (χ4n) is 0.955. The Morgan fingerprint density at radius 3 is 2.47 bits per heavy atom. The predicted molar refractivity (Wildman–Crippen MR) is 71.4 cm³/mol. The van der Waals surface area contributed by atoms with E-state index < -0.39 is 11.7 Å². The van der Waals surface area contributed by atoms with Gasteiger partial charge in [-0.1, -0.05) is 11.8 Å². The van der Waals surface area contributed by atoms with Crippen LogP contribution in [0.15, 0.2) is 4.99 Å². The Bertz CT molecular complexity index is 274. The van der Waals surface area contributed by atoms with Crippen molar-refractivity contribution in [2.45, 2.75) is 45.7 Å². The number of rotatable bonds is 3. The molecule has 0 aromatic heterocycles. The first-order valence-electron chi connectivity index (χ1n) is 5.53. The topological polar surface area (TPSA) is 59.9 Å². The molecule has 6 heteroatoms. The van der Waals surface area contributed by atoms with E-state index in [9.17, 15) is 4.79 Å².